The van der Waals surface area contributed by atoms with E-state index in [4.69, 9.17) is 0 Å². The second-order valence-corrected chi connectivity index (χ2v) is 5.20. The van der Waals surface area contributed by atoms with Gasteiger partial charge in [-0.1, -0.05) is 6.07 Å². The molecule has 1 atom stereocenters. The molecule has 112 valence electrons. The standard InChI is InChI=1S/C16H15N3O3/c1-10(19-14(20)7-8-15(19)21)16(22)18-13-6-2-5-12-11(13)4-3-9-17-12/h2-6,9-10H,7-8H2,1H3,(H,18,22)/t10-/m0/s1. The van der Waals surface area contributed by atoms with Crippen molar-refractivity contribution in [2.45, 2.75) is 25.8 Å². The molecule has 0 spiro atoms. The third-order valence-corrected chi connectivity index (χ3v) is 3.76. The average Bonchev–Trinajstić information content (AvgIpc) is 2.86. The van der Waals surface area contributed by atoms with E-state index in [-0.39, 0.29) is 30.6 Å². The van der Waals surface area contributed by atoms with Crippen LogP contribution in [0.1, 0.15) is 19.8 Å². The van der Waals surface area contributed by atoms with Gasteiger partial charge in [0.05, 0.1) is 11.2 Å². The van der Waals surface area contributed by atoms with Crippen LogP contribution in [0, 0.1) is 0 Å². The predicted octanol–water partition coefficient (Wildman–Crippen LogP) is 1.71. The Labute approximate surface area is 127 Å². The molecule has 1 N–H and O–H groups in total. The molecule has 3 amide bonds. The molecule has 6 heteroatoms. The summed E-state index contributed by atoms with van der Waals surface area (Å²) in [5.74, 6) is -0.987. The van der Waals surface area contributed by atoms with Gasteiger partial charge >= 0.3 is 0 Å². The summed E-state index contributed by atoms with van der Waals surface area (Å²) in [4.78, 5) is 41.0. The summed E-state index contributed by atoms with van der Waals surface area (Å²) in [6.07, 6.45) is 2.03. The van der Waals surface area contributed by atoms with Crippen molar-refractivity contribution >= 4 is 34.3 Å². The Morgan fingerprint density at radius 1 is 1.18 bits per heavy atom. The number of carbonyl (C=O) groups is 3. The van der Waals surface area contributed by atoms with Gasteiger partial charge in [-0.05, 0) is 31.2 Å². The zero-order chi connectivity index (χ0) is 15.7. The van der Waals surface area contributed by atoms with Crippen LogP contribution in [0.5, 0.6) is 0 Å². The first-order chi connectivity index (χ1) is 10.6. The number of likely N-dealkylation sites (tertiary alicyclic amines) is 1. The fourth-order valence-corrected chi connectivity index (χ4v) is 2.59. The molecule has 1 aromatic carbocycles. The van der Waals surface area contributed by atoms with Crippen LogP contribution in [0.15, 0.2) is 36.5 Å². The molecule has 6 nitrogen and oxygen atoms in total. The monoisotopic (exact) mass is 297 g/mol. The molecule has 1 fully saturated rings. The number of nitrogens with zero attached hydrogens (tertiary/aromatic N) is 2. The Kier molecular flexibility index (Phi) is 3.58. The molecule has 0 bridgehead atoms. The maximum absolute atomic E-state index is 12.4. The minimum absolute atomic E-state index is 0.175. The van der Waals surface area contributed by atoms with Crippen LogP contribution in [-0.2, 0) is 14.4 Å². The quantitative estimate of drug-likeness (QED) is 0.875. The van der Waals surface area contributed by atoms with Crippen LogP contribution in [0.2, 0.25) is 0 Å². The third kappa shape index (κ3) is 2.43. The topological polar surface area (TPSA) is 79.4 Å². The first-order valence-electron chi connectivity index (χ1n) is 7.07. The van der Waals surface area contributed by atoms with Crippen molar-refractivity contribution in [1.29, 1.82) is 0 Å². The highest BCUT2D eigenvalue weighted by Gasteiger charge is 2.36. The van der Waals surface area contributed by atoms with Crippen LogP contribution >= 0.6 is 0 Å². The number of fused-ring (bicyclic) bond motifs is 1. The first-order valence-corrected chi connectivity index (χ1v) is 7.07. The van der Waals surface area contributed by atoms with Crippen molar-refractivity contribution in [3.05, 3.63) is 36.5 Å². The molecule has 1 aliphatic heterocycles. The number of rotatable bonds is 3. The van der Waals surface area contributed by atoms with Crippen LogP contribution in [0.4, 0.5) is 5.69 Å². The van der Waals surface area contributed by atoms with Gasteiger partial charge in [0.15, 0.2) is 0 Å². The van der Waals surface area contributed by atoms with Gasteiger partial charge in [0.1, 0.15) is 6.04 Å². The predicted molar refractivity (Wildman–Crippen MR) is 80.9 cm³/mol. The van der Waals surface area contributed by atoms with E-state index in [0.29, 0.717) is 5.69 Å². The second-order valence-electron chi connectivity index (χ2n) is 5.20. The summed E-state index contributed by atoms with van der Waals surface area (Å²) >= 11 is 0. The molecule has 1 aromatic heterocycles. The van der Waals surface area contributed by atoms with Crippen LogP contribution in [0.3, 0.4) is 0 Å². The molecule has 3 rings (SSSR count). The highest BCUT2D eigenvalue weighted by Crippen LogP contribution is 2.22. The Hall–Kier alpha value is -2.76. The summed E-state index contributed by atoms with van der Waals surface area (Å²) in [5.41, 5.74) is 1.38. The molecular weight excluding hydrogens is 282 g/mol. The maximum atomic E-state index is 12.4. The number of pyridine rings is 1. The molecule has 0 radical (unpaired) electrons. The maximum Gasteiger partial charge on any atom is 0.247 e. The van der Waals surface area contributed by atoms with Crippen molar-refractivity contribution in [3.63, 3.8) is 0 Å². The minimum atomic E-state index is -0.825. The number of aromatic nitrogens is 1. The lowest BCUT2D eigenvalue weighted by molar-refractivity contribution is -0.144. The van der Waals surface area contributed by atoms with Gasteiger partial charge in [0, 0.05) is 24.4 Å². The summed E-state index contributed by atoms with van der Waals surface area (Å²) in [6.45, 7) is 1.56. The number of hydrogen-bond acceptors (Lipinski definition) is 4. The smallest absolute Gasteiger partial charge is 0.247 e. The number of imide groups is 1. The van der Waals surface area contributed by atoms with Crippen LogP contribution in [0.25, 0.3) is 10.9 Å². The Balaban J connectivity index is 1.84. The van der Waals surface area contributed by atoms with Crippen LogP contribution < -0.4 is 5.32 Å². The molecule has 0 aliphatic carbocycles. The lowest BCUT2D eigenvalue weighted by atomic mass is 10.1. The number of benzene rings is 1. The molecule has 2 heterocycles. The number of amides is 3. The van der Waals surface area contributed by atoms with Crippen LogP contribution in [-0.4, -0.2) is 33.6 Å². The zero-order valence-corrected chi connectivity index (χ0v) is 12.1. The zero-order valence-electron chi connectivity index (χ0n) is 12.1. The van der Waals surface area contributed by atoms with E-state index in [1.54, 1.807) is 31.3 Å². The third-order valence-electron chi connectivity index (χ3n) is 3.76. The summed E-state index contributed by atoms with van der Waals surface area (Å²) in [7, 11) is 0. The Morgan fingerprint density at radius 3 is 2.64 bits per heavy atom. The first kappa shape index (κ1) is 14.2. The molecule has 1 aliphatic rings. The highest BCUT2D eigenvalue weighted by molar-refractivity contribution is 6.09. The van der Waals surface area contributed by atoms with E-state index < -0.39 is 6.04 Å². The lowest BCUT2D eigenvalue weighted by Crippen LogP contribution is -2.45. The van der Waals surface area contributed by atoms with Gasteiger partial charge in [-0.15, -0.1) is 0 Å². The van der Waals surface area contributed by atoms with Gasteiger partial charge in [-0.2, -0.15) is 0 Å². The van der Waals surface area contributed by atoms with Crippen molar-refractivity contribution < 1.29 is 14.4 Å². The SMILES string of the molecule is C[C@@H](C(=O)Nc1cccc2ncccc12)N1C(=O)CCC1=O. The highest BCUT2D eigenvalue weighted by atomic mass is 16.2. The van der Waals surface area contributed by atoms with Gasteiger partial charge in [0.2, 0.25) is 17.7 Å². The van der Waals surface area contributed by atoms with Gasteiger partial charge < -0.3 is 5.32 Å². The van der Waals surface area contributed by atoms with Crippen molar-refractivity contribution in [2.75, 3.05) is 5.32 Å². The molecule has 2 aromatic rings. The van der Waals surface area contributed by atoms with E-state index in [1.165, 1.54) is 0 Å². The molecule has 1 saturated heterocycles. The summed E-state index contributed by atoms with van der Waals surface area (Å²) in [5, 5.41) is 3.59. The number of carbonyl (C=O) groups excluding carboxylic acids is 3. The summed E-state index contributed by atoms with van der Waals surface area (Å²) < 4.78 is 0. The van der Waals surface area contributed by atoms with E-state index in [0.717, 1.165) is 15.8 Å². The number of anilines is 1. The largest absolute Gasteiger partial charge is 0.324 e. The molecular formula is C16H15N3O3. The van der Waals surface area contributed by atoms with E-state index in [2.05, 4.69) is 10.3 Å². The lowest BCUT2D eigenvalue weighted by Gasteiger charge is -2.22. The Bertz CT molecular complexity index is 751. The van der Waals surface area contributed by atoms with Crippen molar-refractivity contribution in [3.8, 4) is 0 Å². The van der Waals surface area contributed by atoms with Crippen molar-refractivity contribution in [2.24, 2.45) is 0 Å². The van der Waals surface area contributed by atoms with E-state index in [1.807, 2.05) is 12.1 Å². The minimum Gasteiger partial charge on any atom is -0.324 e. The molecule has 0 saturated carbocycles. The van der Waals surface area contributed by atoms with Gasteiger partial charge in [-0.3, -0.25) is 24.3 Å². The van der Waals surface area contributed by atoms with Crippen molar-refractivity contribution in [1.82, 2.24) is 9.88 Å². The fraction of sp³-hybridized carbons (Fsp3) is 0.250. The average molecular weight is 297 g/mol. The van der Waals surface area contributed by atoms with Gasteiger partial charge in [0.25, 0.3) is 0 Å². The number of hydrogen-bond donors (Lipinski definition) is 1. The van der Waals surface area contributed by atoms with E-state index in [9.17, 15) is 14.4 Å². The fourth-order valence-electron chi connectivity index (χ4n) is 2.59. The molecule has 22 heavy (non-hydrogen) atoms. The summed E-state index contributed by atoms with van der Waals surface area (Å²) in [6, 6.07) is 8.23. The second kappa shape index (κ2) is 5.55. The molecule has 0 unspecified atom stereocenters. The normalized spacial score (nSPS) is 16.1. The van der Waals surface area contributed by atoms with E-state index >= 15 is 0 Å². The van der Waals surface area contributed by atoms with Gasteiger partial charge in [-0.25, -0.2) is 0 Å². The Morgan fingerprint density at radius 2 is 1.91 bits per heavy atom. The number of nitrogens with one attached hydrogen (secondary N) is 1.